The van der Waals surface area contributed by atoms with Crippen molar-refractivity contribution in [1.29, 1.82) is 0 Å². The van der Waals surface area contributed by atoms with Gasteiger partial charge in [0.05, 0.1) is 0 Å². The molecule has 0 saturated heterocycles. The van der Waals surface area contributed by atoms with Gasteiger partial charge in [-0.3, -0.25) is 0 Å². The number of aromatic nitrogens is 2. The van der Waals surface area contributed by atoms with Crippen LogP contribution in [0.1, 0.15) is 29.2 Å². The van der Waals surface area contributed by atoms with Gasteiger partial charge >= 0.3 is 0 Å². The number of para-hydroxylation sites is 2. The maximum Gasteiger partial charge on any atom is 0.0491 e. The molecule has 2 aromatic heterocycles. The fourth-order valence-electron chi connectivity index (χ4n) is 6.56. The number of H-pyrrole nitrogens is 1. The molecule has 0 aliphatic rings. The summed E-state index contributed by atoms with van der Waals surface area (Å²) in [4.78, 5) is 3.51. The summed E-state index contributed by atoms with van der Waals surface area (Å²) >= 11 is -1.56. The molecule has 2 nitrogen and oxygen atoms in total. The minimum absolute atomic E-state index is 0.979. The molecule has 3 heteroatoms. The first-order valence-corrected chi connectivity index (χ1v) is 19.4. The highest BCUT2D eigenvalue weighted by atomic mass is 127. The number of aryl methyl sites for hydroxylation is 1. The molecular weight excluding hydrogens is 647 g/mol. The van der Waals surface area contributed by atoms with Gasteiger partial charge in [-0.2, -0.15) is 18.9 Å². The third kappa shape index (κ3) is 4.91. The van der Waals surface area contributed by atoms with Crippen molar-refractivity contribution >= 4 is 93.9 Å². The molecule has 0 aliphatic carbocycles. The highest BCUT2D eigenvalue weighted by Gasteiger charge is 2.09. The van der Waals surface area contributed by atoms with E-state index < -0.39 is 18.9 Å². The monoisotopic (exact) mass is 680 g/mol. The molecule has 0 aliphatic heterocycles. The lowest BCUT2D eigenvalue weighted by Crippen LogP contribution is -1.92. The summed E-state index contributed by atoms with van der Waals surface area (Å²) in [5.41, 5.74) is 10.1. The quantitative estimate of drug-likeness (QED) is 0.103. The van der Waals surface area contributed by atoms with Crippen LogP contribution in [0.25, 0.3) is 66.5 Å². The molecular formula is C41H33IN2. The van der Waals surface area contributed by atoms with Crippen LogP contribution in [0.4, 0.5) is 0 Å². The number of alkyl halides is 1. The molecule has 0 unspecified atom stereocenters. The molecule has 44 heavy (non-hydrogen) atoms. The summed E-state index contributed by atoms with van der Waals surface area (Å²) in [7, 11) is 0. The predicted molar refractivity (Wildman–Crippen MR) is 204 cm³/mol. The van der Waals surface area contributed by atoms with Gasteiger partial charge in [0.15, 0.2) is 0 Å². The standard InChI is InChI=1S/C41H33IN2/c1-3-44-40-11-7-5-9-35(40)37-25-31(17-21-41(37)44)27-42(2)26-30-15-19-32-22-28(14-18-33(32)23-30)12-13-29-16-20-39-36(24-29)34-8-4-6-10-38(34)43-39/h4-26,43H,2-3,27H2,1H3/b13-12-. The lowest BCUT2D eigenvalue weighted by molar-refractivity contribution is 0.827. The molecule has 0 bridgehead atoms. The zero-order valence-electron chi connectivity index (χ0n) is 24.7. The zero-order valence-corrected chi connectivity index (χ0v) is 26.9. The van der Waals surface area contributed by atoms with E-state index in [2.05, 4.69) is 158 Å². The van der Waals surface area contributed by atoms with Gasteiger partial charge in [0.1, 0.15) is 0 Å². The van der Waals surface area contributed by atoms with Crippen LogP contribution in [0.3, 0.4) is 0 Å². The maximum atomic E-state index is 4.66. The highest BCUT2D eigenvalue weighted by molar-refractivity contribution is 14.2. The molecule has 214 valence electrons. The number of nitrogens with one attached hydrogen (secondary N) is 1. The third-order valence-corrected chi connectivity index (χ3v) is 12.1. The summed E-state index contributed by atoms with van der Waals surface area (Å²) < 4.78 is 10.6. The average molecular weight is 681 g/mol. The Kier molecular flexibility index (Phi) is 6.83. The number of rotatable bonds is 6. The molecule has 0 atom stereocenters. The first-order valence-electron chi connectivity index (χ1n) is 15.1. The number of fused-ring (bicyclic) bond motifs is 7. The maximum absolute atomic E-state index is 4.66. The molecule has 0 saturated carbocycles. The Hall–Kier alpha value is -4.61. The van der Waals surface area contributed by atoms with E-state index in [0.29, 0.717) is 0 Å². The second-order valence-electron chi connectivity index (χ2n) is 11.5. The Morgan fingerprint density at radius 3 is 2.11 bits per heavy atom. The van der Waals surface area contributed by atoms with Gasteiger partial charge in [-0.1, -0.05) is 89.5 Å². The van der Waals surface area contributed by atoms with Crippen molar-refractivity contribution in [3.8, 4) is 0 Å². The molecule has 0 spiro atoms. The number of halogens is 1. The van der Waals surface area contributed by atoms with Crippen molar-refractivity contribution in [2.75, 3.05) is 0 Å². The normalized spacial score (nSPS) is 12.9. The van der Waals surface area contributed by atoms with E-state index in [1.54, 1.807) is 0 Å². The molecule has 0 radical (unpaired) electrons. The third-order valence-electron chi connectivity index (χ3n) is 8.65. The Morgan fingerprint density at radius 1 is 0.614 bits per heavy atom. The van der Waals surface area contributed by atoms with Crippen molar-refractivity contribution in [2.24, 2.45) is 0 Å². The molecule has 8 rings (SSSR count). The zero-order chi connectivity index (χ0) is 29.6. The van der Waals surface area contributed by atoms with Crippen LogP contribution in [0.5, 0.6) is 0 Å². The van der Waals surface area contributed by atoms with Gasteiger partial charge in [-0.15, -0.1) is 0 Å². The topological polar surface area (TPSA) is 20.7 Å². The fraction of sp³-hybridized carbons (Fsp3) is 0.0732. The summed E-state index contributed by atoms with van der Waals surface area (Å²) in [5, 5.41) is 7.78. The number of hydrogen-bond donors (Lipinski definition) is 1. The smallest absolute Gasteiger partial charge is 0.0491 e. The van der Waals surface area contributed by atoms with E-state index in [0.717, 1.165) is 11.0 Å². The molecule has 0 amide bonds. The molecule has 2 heterocycles. The Labute approximate surface area is 263 Å². The first-order chi connectivity index (χ1) is 21.6. The van der Waals surface area contributed by atoms with E-state index in [1.807, 2.05) is 0 Å². The van der Waals surface area contributed by atoms with E-state index in [1.165, 1.54) is 76.6 Å². The van der Waals surface area contributed by atoms with Crippen molar-refractivity contribution in [1.82, 2.24) is 9.55 Å². The first kappa shape index (κ1) is 27.0. The predicted octanol–water partition coefficient (Wildman–Crippen LogP) is 11.1. The summed E-state index contributed by atoms with van der Waals surface area (Å²) in [5.74, 6) is 0. The van der Waals surface area contributed by atoms with E-state index in [4.69, 9.17) is 0 Å². The largest absolute Gasteiger partial charge is 0.355 e. The van der Waals surface area contributed by atoms with Crippen LogP contribution in [0.15, 0.2) is 121 Å². The van der Waals surface area contributed by atoms with Crippen LogP contribution < -0.4 is 0 Å². The van der Waals surface area contributed by atoms with Crippen LogP contribution >= 0.6 is 18.9 Å². The van der Waals surface area contributed by atoms with Gasteiger partial charge in [0.25, 0.3) is 0 Å². The summed E-state index contributed by atoms with van der Waals surface area (Å²) in [6.45, 7) is 3.20. The Balaban J connectivity index is 1.02. The van der Waals surface area contributed by atoms with Gasteiger partial charge in [0.2, 0.25) is 0 Å². The highest BCUT2D eigenvalue weighted by Crippen LogP contribution is 2.32. The Bertz CT molecular complexity index is 2480. The van der Waals surface area contributed by atoms with Crippen molar-refractivity contribution in [3.63, 3.8) is 0 Å². The lowest BCUT2D eigenvalue weighted by atomic mass is 10.0. The molecule has 6 aromatic carbocycles. The van der Waals surface area contributed by atoms with Crippen molar-refractivity contribution < 1.29 is 0 Å². The van der Waals surface area contributed by atoms with Gasteiger partial charge in [0, 0.05) is 54.6 Å². The molecule has 8 aromatic rings. The van der Waals surface area contributed by atoms with Gasteiger partial charge in [-0.25, -0.2) is 0 Å². The molecule has 0 fully saturated rings. The van der Waals surface area contributed by atoms with E-state index in [-0.39, 0.29) is 0 Å². The molecule has 1 N–H and O–H groups in total. The fourth-order valence-corrected chi connectivity index (χ4v) is 9.79. The average Bonchev–Trinajstić information content (AvgIpc) is 3.58. The second kappa shape index (κ2) is 11.1. The minimum atomic E-state index is -1.56. The number of benzene rings is 6. The number of nitrogens with zero attached hydrogens (tertiary/aromatic N) is 1. The second-order valence-corrected chi connectivity index (χ2v) is 15.8. The van der Waals surface area contributed by atoms with Crippen LogP contribution in [-0.2, 0) is 11.0 Å². The van der Waals surface area contributed by atoms with Gasteiger partial charge in [-0.05, 0) is 92.5 Å². The summed E-state index contributed by atoms with van der Waals surface area (Å²) in [6, 6.07) is 44.5. The Morgan fingerprint density at radius 2 is 1.27 bits per heavy atom. The SMILES string of the molecule is C=I(=Cc1ccc2cc(/C=C\c3ccc4[nH]c5ccccc5c4c3)ccc2c1)Cc1ccc2c(c1)c1ccccc1n2CC. The van der Waals surface area contributed by atoms with Crippen LogP contribution in [0.2, 0.25) is 0 Å². The van der Waals surface area contributed by atoms with Crippen molar-refractivity contribution in [3.05, 3.63) is 144 Å². The summed E-state index contributed by atoms with van der Waals surface area (Å²) in [6.07, 6.45) is 4.42. The minimum Gasteiger partial charge on any atom is -0.355 e. The van der Waals surface area contributed by atoms with Crippen LogP contribution in [-0.4, -0.2) is 18.1 Å². The lowest BCUT2D eigenvalue weighted by Gasteiger charge is -2.05. The number of aromatic amines is 1. The van der Waals surface area contributed by atoms with Gasteiger partial charge < -0.3 is 9.55 Å². The van der Waals surface area contributed by atoms with E-state index >= 15 is 0 Å². The van der Waals surface area contributed by atoms with E-state index in [9.17, 15) is 0 Å². The number of hydrogen-bond acceptors (Lipinski definition) is 0. The van der Waals surface area contributed by atoms with Crippen LogP contribution in [0, 0.1) is 0 Å². The van der Waals surface area contributed by atoms with Crippen molar-refractivity contribution in [2.45, 2.75) is 17.9 Å².